The van der Waals surface area contributed by atoms with E-state index in [1.54, 1.807) is 20.8 Å². The molecule has 0 aromatic carbocycles. The second-order valence-corrected chi connectivity index (χ2v) is 4.69. The molecule has 0 saturated carbocycles. The highest BCUT2D eigenvalue weighted by Gasteiger charge is 2.28. The lowest BCUT2D eigenvalue weighted by Crippen LogP contribution is -2.50. The van der Waals surface area contributed by atoms with Crippen LogP contribution in [-0.2, 0) is 4.74 Å². The summed E-state index contributed by atoms with van der Waals surface area (Å²) in [6, 6.07) is -0.461. The van der Waals surface area contributed by atoms with Crippen LogP contribution in [0.3, 0.4) is 0 Å². The average Bonchev–Trinajstić information content (AvgIpc) is 2.05. The monoisotopic (exact) mass is 217 g/mol. The number of alkyl halides is 1. The third kappa shape index (κ3) is 4.46. The van der Waals surface area contributed by atoms with Gasteiger partial charge in [0.1, 0.15) is 11.8 Å². The highest BCUT2D eigenvalue weighted by atomic mass is 19.1. The zero-order chi connectivity index (χ0) is 11.5. The molecule has 1 saturated heterocycles. The van der Waals surface area contributed by atoms with Crippen LogP contribution in [0.15, 0.2) is 0 Å². The van der Waals surface area contributed by atoms with E-state index in [9.17, 15) is 9.18 Å². The van der Waals surface area contributed by atoms with E-state index in [-0.39, 0.29) is 6.54 Å². The van der Waals surface area contributed by atoms with Crippen molar-refractivity contribution >= 4 is 6.09 Å². The largest absolute Gasteiger partial charge is 0.444 e. The lowest BCUT2D eigenvalue weighted by atomic mass is 10.1. The first kappa shape index (κ1) is 12.2. The van der Waals surface area contributed by atoms with E-state index in [2.05, 4.69) is 10.6 Å². The van der Waals surface area contributed by atoms with Gasteiger partial charge in [0, 0.05) is 13.1 Å². The number of hydrogen-bond acceptors (Lipinski definition) is 2. The average molecular weight is 217 g/mol. The maximum absolute atomic E-state index is 13.3. The van der Waals surface area contributed by atoms with Crippen molar-refractivity contribution in [3.05, 3.63) is 0 Å². The number of halogens is 1. The van der Waals surface area contributed by atoms with E-state index in [1.165, 1.54) is 0 Å². The highest BCUT2D eigenvalue weighted by molar-refractivity contribution is 5.68. The molecule has 2 atom stereocenters. The molecule has 87 valence electrons. The van der Waals surface area contributed by atoms with Gasteiger partial charge in [0.15, 0.2) is 0 Å². The Morgan fingerprint density at radius 3 is 2.73 bits per heavy atom. The Labute approximate surface area is 89.6 Å². The number of nitrogens with zero attached hydrogens (tertiary/aromatic N) is 1. The topological polar surface area (TPSA) is 52.4 Å². The molecule has 4 nitrogen and oxygen atoms in total. The van der Waals surface area contributed by atoms with Crippen molar-refractivity contribution in [1.82, 2.24) is 10.6 Å². The zero-order valence-electron chi connectivity index (χ0n) is 9.42. The Morgan fingerprint density at radius 1 is 1.53 bits per heavy atom. The predicted molar refractivity (Wildman–Crippen MR) is 54.5 cm³/mol. The van der Waals surface area contributed by atoms with Gasteiger partial charge < -0.3 is 10.1 Å². The highest BCUT2D eigenvalue weighted by Crippen LogP contribution is 2.11. The second kappa shape index (κ2) is 4.79. The van der Waals surface area contributed by atoms with Crippen molar-refractivity contribution in [2.24, 2.45) is 0 Å². The fourth-order valence-corrected chi connectivity index (χ4v) is 1.37. The molecular formula is C10H18FN2O2. The number of amides is 1. The van der Waals surface area contributed by atoms with Crippen molar-refractivity contribution < 1.29 is 13.9 Å². The van der Waals surface area contributed by atoms with Gasteiger partial charge in [0.2, 0.25) is 0 Å². The van der Waals surface area contributed by atoms with Crippen LogP contribution in [0.2, 0.25) is 0 Å². The summed E-state index contributed by atoms with van der Waals surface area (Å²) >= 11 is 0. The molecule has 1 aliphatic rings. The van der Waals surface area contributed by atoms with Crippen molar-refractivity contribution in [1.29, 1.82) is 0 Å². The minimum absolute atomic E-state index is 0.167. The minimum atomic E-state index is -1.09. The summed E-state index contributed by atoms with van der Waals surface area (Å²) in [7, 11) is 0. The molecule has 0 aromatic heterocycles. The second-order valence-electron chi connectivity index (χ2n) is 4.69. The Balaban J connectivity index is 2.36. The van der Waals surface area contributed by atoms with Crippen molar-refractivity contribution in [3.63, 3.8) is 0 Å². The molecule has 1 radical (unpaired) electrons. The van der Waals surface area contributed by atoms with Crippen LogP contribution in [0.5, 0.6) is 0 Å². The van der Waals surface area contributed by atoms with Crippen LogP contribution in [0, 0.1) is 0 Å². The summed E-state index contributed by atoms with van der Waals surface area (Å²) in [5.41, 5.74) is -0.547. The minimum Gasteiger partial charge on any atom is -0.444 e. The van der Waals surface area contributed by atoms with Crippen LogP contribution in [0.1, 0.15) is 27.2 Å². The van der Waals surface area contributed by atoms with Gasteiger partial charge >= 0.3 is 6.09 Å². The van der Waals surface area contributed by atoms with Gasteiger partial charge in [-0.2, -0.15) is 0 Å². The molecule has 1 fully saturated rings. The molecule has 1 heterocycles. The first-order chi connectivity index (χ1) is 6.88. The van der Waals surface area contributed by atoms with E-state index >= 15 is 0 Å². The summed E-state index contributed by atoms with van der Waals surface area (Å²) in [4.78, 5) is 11.3. The zero-order valence-corrected chi connectivity index (χ0v) is 9.42. The van der Waals surface area contributed by atoms with E-state index in [0.29, 0.717) is 13.0 Å². The quantitative estimate of drug-likeness (QED) is 0.718. The molecule has 0 aromatic rings. The number of ether oxygens (including phenoxy) is 1. The molecule has 1 aliphatic heterocycles. The van der Waals surface area contributed by atoms with Gasteiger partial charge in [-0.1, -0.05) is 0 Å². The Hall–Kier alpha value is -0.840. The Bertz CT molecular complexity index is 228. The molecule has 0 aliphatic carbocycles. The maximum atomic E-state index is 13.3. The number of piperidine rings is 1. The number of alkyl carbamates (subject to hydrolysis) is 1. The first-order valence-corrected chi connectivity index (χ1v) is 5.15. The van der Waals surface area contributed by atoms with Crippen LogP contribution < -0.4 is 10.6 Å². The number of nitrogens with one attached hydrogen (secondary N) is 1. The van der Waals surface area contributed by atoms with Gasteiger partial charge in [-0.25, -0.2) is 14.5 Å². The van der Waals surface area contributed by atoms with E-state index in [1.807, 2.05) is 0 Å². The number of rotatable bonds is 1. The van der Waals surface area contributed by atoms with Crippen molar-refractivity contribution in [2.45, 2.75) is 45.0 Å². The van der Waals surface area contributed by atoms with Gasteiger partial charge in [0.25, 0.3) is 0 Å². The molecule has 1 amide bonds. The third-order valence-corrected chi connectivity index (χ3v) is 2.04. The molecule has 1 rings (SSSR count). The summed E-state index contributed by atoms with van der Waals surface area (Å²) in [6.07, 6.45) is -1.11. The summed E-state index contributed by atoms with van der Waals surface area (Å²) in [5, 5.41) is 6.45. The van der Waals surface area contributed by atoms with Gasteiger partial charge in [-0.3, -0.25) is 0 Å². The molecule has 2 unspecified atom stereocenters. The molecule has 5 heteroatoms. The Kier molecular flexibility index (Phi) is 3.90. The fourth-order valence-electron chi connectivity index (χ4n) is 1.37. The molecular weight excluding hydrogens is 199 g/mol. The van der Waals surface area contributed by atoms with Crippen LogP contribution in [-0.4, -0.2) is 37.0 Å². The van der Waals surface area contributed by atoms with Crippen molar-refractivity contribution in [3.8, 4) is 0 Å². The smallest absolute Gasteiger partial charge is 0.407 e. The van der Waals surface area contributed by atoms with Crippen LogP contribution >= 0.6 is 0 Å². The summed E-state index contributed by atoms with van der Waals surface area (Å²) in [6.45, 7) is 6.09. The number of carbonyl (C=O) groups excluding carboxylic acids is 1. The standard InChI is InChI=1S/C10H18FN2O2/c1-10(2,3)15-9(14)13-8-4-5-12-6-7(8)11/h7-8H,4-6H2,1-3H3,(H,13,14). The number of hydrogen-bond donors (Lipinski definition) is 1. The molecule has 0 spiro atoms. The summed E-state index contributed by atoms with van der Waals surface area (Å²) in [5.74, 6) is 0. The lowest BCUT2D eigenvalue weighted by molar-refractivity contribution is 0.0457. The molecule has 1 N–H and O–H groups in total. The summed E-state index contributed by atoms with van der Waals surface area (Å²) < 4.78 is 18.3. The molecule has 15 heavy (non-hydrogen) atoms. The molecule has 0 bridgehead atoms. The third-order valence-electron chi connectivity index (χ3n) is 2.04. The fraction of sp³-hybridized carbons (Fsp3) is 0.900. The predicted octanol–water partition coefficient (Wildman–Crippen LogP) is 1.23. The van der Waals surface area contributed by atoms with Gasteiger partial charge in [0.05, 0.1) is 6.04 Å². The SMILES string of the molecule is CC(C)(C)OC(=O)NC1CC[N]CC1F. The van der Waals surface area contributed by atoms with E-state index in [4.69, 9.17) is 4.74 Å². The van der Waals surface area contributed by atoms with Gasteiger partial charge in [-0.05, 0) is 27.2 Å². The van der Waals surface area contributed by atoms with Crippen molar-refractivity contribution in [2.75, 3.05) is 13.1 Å². The normalized spacial score (nSPS) is 27.2. The van der Waals surface area contributed by atoms with E-state index < -0.39 is 23.9 Å². The maximum Gasteiger partial charge on any atom is 0.407 e. The number of carbonyl (C=O) groups is 1. The first-order valence-electron chi connectivity index (χ1n) is 5.15. The van der Waals surface area contributed by atoms with E-state index in [0.717, 1.165) is 0 Å². The van der Waals surface area contributed by atoms with Crippen LogP contribution in [0.4, 0.5) is 9.18 Å². The Morgan fingerprint density at radius 2 is 2.20 bits per heavy atom. The van der Waals surface area contributed by atoms with Crippen LogP contribution in [0.25, 0.3) is 0 Å². The lowest BCUT2D eigenvalue weighted by Gasteiger charge is -2.28. The van der Waals surface area contributed by atoms with Gasteiger partial charge in [-0.15, -0.1) is 0 Å².